The van der Waals surface area contributed by atoms with Crippen LogP contribution in [0.1, 0.15) is 5.56 Å². The molecule has 0 unspecified atom stereocenters. The number of ether oxygens (including phenoxy) is 2. The average Bonchev–Trinajstić information content (AvgIpc) is 3.00. The number of methoxy groups -OCH3 is 2. The predicted molar refractivity (Wildman–Crippen MR) is 119 cm³/mol. The first-order chi connectivity index (χ1) is 13.6. The van der Waals surface area contributed by atoms with E-state index in [0.717, 1.165) is 22.0 Å². The lowest BCUT2D eigenvalue weighted by Crippen LogP contribution is -2.27. The highest BCUT2D eigenvalue weighted by atomic mass is 32.2. The van der Waals surface area contributed by atoms with Crippen molar-refractivity contribution < 1.29 is 14.3 Å². The van der Waals surface area contributed by atoms with Crippen molar-refractivity contribution in [3.05, 3.63) is 71.1 Å². The van der Waals surface area contributed by atoms with Crippen molar-refractivity contribution in [2.45, 2.75) is 0 Å². The first-order valence-corrected chi connectivity index (χ1v) is 9.82. The molecule has 3 aromatic carbocycles. The van der Waals surface area contributed by atoms with Gasteiger partial charge in [0.15, 0.2) is 15.8 Å². The van der Waals surface area contributed by atoms with Gasteiger partial charge < -0.3 is 9.47 Å². The molecule has 0 radical (unpaired) electrons. The second kappa shape index (κ2) is 7.66. The zero-order chi connectivity index (χ0) is 19.7. The highest BCUT2D eigenvalue weighted by Crippen LogP contribution is 2.39. The average molecular weight is 408 g/mol. The Kier molecular flexibility index (Phi) is 5.07. The van der Waals surface area contributed by atoms with E-state index in [4.69, 9.17) is 21.7 Å². The van der Waals surface area contributed by atoms with Crippen molar-refractivity contribution in [3.63, 3.8) is 0 Å². The number of amides is 1. The van der Waals surface area contributed by atoms with Crippen LogP contribution in [0, 0.1) is 0 Å². The van der Waals surface area contributed by atoms with Crippen LogP contribution in [0.5, 0.6) is 11.5 Å². The van der Waals surface area contributed by atoms with Crippen LogP contribution in [0.4, 0.5) is 5.69 Å². The molecule has 3 aromatic rings. The molecule has 1 aliphatic heterocycles. The van der Waals surface area contributed by atoms with Crippen LogP contribution in [0.3, 0.4) is 0 Å². The Bertz CT molecular complexity index is 1120. The van der Waals surface area contributed by atoms with E-state index in [0.29, 0.717) is 20.7 Å². The number of thiocarbonyl (C=S) groups is 1. The topological polar surface area (TPSA) is 38.8 Å². The third kappa shape index (κ3) is 3.25. The lowest BCUT2D eigenvalue weighted by Gasteiger charge is -2.17. The molecule has 140 valence electrons. The van der Waals surface area contributed by atoms with Crippen molar-refractivity contribution in [1.82, 2.24) is 0 Å². The Balaban J connectivity index is 1.72. The van der Waals surface area contributed by atoms with E-state index in [1.807, 2.05) is 66.7 Å². The zero-order valence-corrected chi connectivity index (χ0v) is 17.0. The molecule has 0 saturated carbocycles. The molecule has 1 heterocycles. The summed E-state index contributed by atoms with van der Waals surface area (Å²) in [7, 11) is 3.18. The van der Waals surface area contributed by atoms with Gasteiger partial charge in [-0.1, -0.05) is 66.4 Å². The highest BCUT2D eigenvalue weighted by Gasteiger charge is 2.34. The Morgan fingerprint density at radius 2 is 1.71 bits per heavy atom. The fourth-order valence-electron chi connectivity index (χ4n) is 3.17. The van der Waals surface area contributed by atoms with Gasteiger partial charge in [0.1, 0.15) is 0 Å². The van der Waals surface area contributed by atoms with Crippen molar-refractivity contribution in [3.8, 4) is 11.5 Å². The fraction of sp³-hybridized carbons (Fsp3) is 0.0909. The van der Waals surface area contributed by atoms with Crippen LogP contribution in [-0.2, 0) is 4.79 Å². The number of fused-ring (bicyclic) bond motifs is 1. The van der Waals surface area contributed by atoms with Crippen molar-refractivity contribution in [2.24, 2.45) is 0 Å². The summed E-state index contributed by atoms with van der Waals surface area (Å²) in [5.41, 5.74) is 1.65. The quantitative estimate of drug-likeness (QED) is 0.436. The Labute approximate surface area is 172 Å². The van der Waals surface area contributed by atoms with E-state index in [1.165, 1.54) is 11.8 Å². The monoisotopic (exact) mass is 407 g/mol. The van der Waals surface area contributed by atoms with Gasteiger partial charge in [-0.05, 0) is 35.2 Å². The molecule has 6 heteroatoms. The van der Waals surface area contributed by atoms with E-state index >= 15 is 0 Å². The van der Waals surface area contributed by atoms with Crippen LogP contribution in [0.15, 0.2) is 65.6 Å². The Morgan fingerprint density at radius 3 is 2.50 bits per heavy atom. The maximum absolute atomic E-state index is 13.1. The highest BCUT2D eigenvalue weighted by molar-refractivity contribution is 8.27. The van der Waals surface area contributed by atoms with Gasteiger partial charge in [0, 0.05) is 5.39 Å². The molecule has 0 bridgehead atoms. The molecule has 4 nitrogen and oxygen atoms in total. The van der Waals surface area contributed by atoms with Gasteiger partial charge in [0.05, 0.1) is 24.8 Å². The molecule has 0 spiro atoms. The number of carbonyl (C=O) groups is 1. The van der Waals surface area contributed by atoms with Gasteiger partial charge >= 0.3 is 0 Å². The minimum atomic E-state index is -0.124. The molecular formula is C22H17NO3S2. The van der Waals surface area contributed by atoms with Crippen molar-refractivity contribution >= 4 is 56.7 Å². The largest absolute Gasteiger partial charge is 0.493 e. The number of thioether (sulfide) groups is 1. The molecule has 0 aromatic heterocycles. The van der Waals surface area contributed by atoms with Crippen molar-refractivity contribution in [2.75, 3.05) is 19.1 Å². The standard InChI is InChI=1S/C22H17NO3S2/c1-25-18-11-10-14(12-19(18)26-2)13-20-21(24)23(22(27)28-20)17-9-5-7-15-6-3-4-8-16(15)17/h3-13H,1-2H3/b20-13-. The maximum atomic E-state index is 13.1. The molecule has 0 N–H and O–H groups in total. The Morgan fingerprint density at radius 1 is 0.964 bits per heavy atom. The smallest absolute Gasteiger partial charge is 0.270 e. The number of carbonyl (C=O) groups excluding carboxylic acids is 1. The number of hydrogen-bond donors (Lipinski definition) is 0. The van der Waals surface area contributed by atoms with E-state index in [1.54, 1.807) is 19.1 Å². The molecule has 1 saturated heterocycles. The molecule has 28 heavy (non-hydrogen) atoms. The first kappa shape index (κ1) is 18.5. The second-order valence-electron chi connectivity index (χ2n) is 6.13. The second-order valence-corrected chi connectivity index (χ2v) is 7.81. The maximum Gasteiger partial charge on any atom is 0.270 e. The molecule has 0 atom stereocenters. The van der Waals surface area contributed by atoms with Crippen LogP contribution in [0.25, 0.3) is 16.8 Å². The summed E-state index contributed by atoms with van der Waals surface area (Å²) in [6.07, 6.45) is 1.83. The van der Waals surface area contributed by atoms with Crippen LogP contribution < -0.4 is 14.4 Å². The van der Waals surface area contributed by atoms with Gasteiger partial charge in [-0.25, -0.2) is 0 Å². The zero-order valence-electron chi connectivity index (χ0n) is 15.3. The van der Waals surface area contributed by atoms with Gasteiger partial charge in [-0.15, -0.1) is 0 Å². The molecule has 0 aliphatic carbocycles. The normalized spacial score (nSPS) is 15.5. The summed E-state index contributed by atoms with van der Waals surface area (Å²) >= 11 is 6.83. The minimum Gasteiger partial charge on any atom is -0.493 e. The summed E-state index contributed by atoms with van der Waals surface area (Å²) in [5, 5.41) is 2.06. The van der Waals surface area contributed by atoms with Gasteiger partial charge in [0.2, 0.25) is 0 Å². The summed E-state index contributed by atoms with van der Waals surface area (Å²) in [5.74, 6) is 1.13. The molecule has 1 aliphatic rings. The lowest BCUT2D eigenvalue weighted by atomic mass is 10.1. The van der Waals surface area contributed by atoms with E-state index in [-0.39, 0.29) is 5.91 Å². The van der Waals surface area contributed by atoms with Crippen LogP contribution in [-0.4, -0.2) is 24.4 Å². The van der Waals surface area contributed by atoms with Gasteiger partial charge in [-0.3, -0.25) is 9.69 Å². The minimum absolute atomic E-state index is 0.124. The number of benzene rings is 3. The first-order valence-electron chi connectivity index (χ1n) is 8.60. The third-order valence-electron chi connectivity index (χ3n) is 4.51. The molecule has 4 rings (SSSR count). The van der Waals surface area contributed by atoms with Gasteiger partial charge in [-0.2, -0.15) is 0 Å². The predicted octanol–water partition coefficient (Wildman–Crippen LogP) is 5.26. The van der Waals surface area contributed by atoms with E-state index < -0.39 is 0 Å². The third-order valence-corrected chi connectivity index (χ3v) is 5.81. The molecule has 1 fully saturated rings. The summed E-state index contributed by atoms with van der Waals surface area (Å²) in [4.78, 5) is 15.3. The summed E-state index contributed by atoms with van der Waals surface area (Å²) in [6, 6.07) is 19.4. The van der Waals surface area contributed by atoms with E-state index in [2.05, 4.69) is 0 Å². The number of nitrogens with zero attached hydrogens (tertiary/aromatic N) is 1. The lowest BCUT2D eigenvalue weighted by molar-refractivity contribution is -0.113. The van der Waals surface area contributed by atoms with Gasteiger partial charge in [0.25, 0.3) is 5.91 Å². The summed E-state index contributed by atoms with van der Waals surface area (Å²) in [6.45, 7) is 0. The Hall–Kier alpha value is -2.83. The molecule has 1 amide bonds. The number of hydrogen-bond acceptors (Lipinski definition) is 5. The van der Waals surface area contributed by atoms with E-state index in [9.17, 15) is 4.79 Å². The molecular weight excluding hydrogens is 390 g/mol. The SMILES string of the molecule is COc1ccc(/C=C2\SC(=S)N(c3cccc4ccccc34)C2=O)cc1OC. The van der Waals surface area contributed by atoms with Crippen molar-refractivity contribution in [1.29, 1.82) is 0 Å². The fourth-order valence-corrected chi connectivity index (χ4v) is 4.46. The summed E-state index contributed by atoms with van der Waals surface area (Å²) < 4.78 is 11.1. The number of rotatable bonds is 4. The van der Waals surface area contributed by atoms with Crippen LogP contribution >= 0.6 is 24.0 Å². The number of anilines is 1. The van der Waals surface area contributed by atoms with Crippen LogP contribution in [0.2, 0.25) is 0 Å².